The summed E-state index contributed by atoms with van der Waals surface area (Å²) < 4.78 is 27.9. The number of pyridine rings is 1. The Bertz CT molecular complexity index is 1260. The lowest BCUT2D eigenvalue weighted by Crippen LogP contribution is -2.36. The normalized spacial score (nSPS) is 26.5. The average molecular weight is 517 g/mol. The van der Waals surface area contributed by atoms with Crippen LogP contribution in [-0.4, -0.2) is 61.4 Å². The van der Waals surface area contributed by atoms with E-state index in [0.717, 1.165) is 35.3 Å². The van der Waals surface area contributed by atoms with Crippen LogP contribution in [0.2, 0.25) is 0 Å². The molecule has 0 radical (unpaired) electrons. The Morgan fingerprint density at radius 3 is 2.58 bits per heavy atom. The second kappa shape index (κ2) is 9.42. The van der Waals surface area contributed by atoms with Crippen molar-refractivity contribution in [2.24, 2.45) is 11.8 Å². The van der Waals surface area contributed by atoms with Gasteiger partial charge in [-0.15, -0.1) is 11.3 Å². The van der Waals surface area contributed by atoms with Gasteiger partial charge in [0.05, 0.1) is 39.7 Å². The smallest absolute Gasteiger partial charge is 0.244 e. The third-order valence-electron chi connectivity index (χ3n) is 7.75. The first kappa shape index (κ1) is 23.9. The number of nitrogens with zero attached hydrogens (tertiary/aromatic N) is 4. The molecule has 0 saturated heterocycles. The van der Waals surface area contributed by atoms with Gasteiger partial charge in [-0.05, 0) is 51.0 Å². The number of nitrogens with one attached hydrogen (secondary N) is 2. The van der Waals surface area contributed by atoms with Crippen molar-refractivity contribution in [1.82, 2.24) is 19.9 Å². The Hall–Kier alpha value is -2.50. The van der Waals surface area contributed by atoms with Crippen molar-refractivity contribution in [2.45, 2.75) is 76.0 Å². The summed E-state index contributed by atoms with van der Waals surface area (Å²) in [5.74, 6) is 0.615. The number of hydrogen-bond donors (Lipinski definition) is 4. The molecule has 3 aromatic rings. The molecule has 3 fully saturated rings. The maximum atomic E-state index is 13.4. The van der Waals surface area contributed by atoms with E-state index in [4.69, 9.17) is 9.97 Å². The molecule has 0 bridgehead atoms. The number of rotatable bonds is 8. The number of aryl methyl sites for hydroxylation is 1. The maximum Gasteiger partial charge on any atom is 0.244 e. The first-order valence-corrected chi connectivity index (χ1v) is 13.5. The molecule has 3 saturated carbocycles. The Balaban J connectivity index is 1.38. The van der Waals surface area contributed by atoms with Gasteiger partial charge in [0, 0.05) is 18.7 Å². The summed E-state index contributed by atoms with van der Waals surface area (Å²) in [5, 5.41) is 28.0. The van der Waals surface area contributed by atoms with Gasteiger partial charge in [0.25, 0.3) is 0 Å². The number of aliphatic hydroxyl groups excluding tert-OH is 2. The minimum Gasteiger partial charge on any atom is -0.390 e. The highest BCUT2D eigenvalue weighted by Crippen LogP contribution is 2.44. The zero-order valence-corrected chi connectivity index (χ0v) is 20.8. The van der Waals surface area contributed by atoms with E-state index in [1.165, 1.54) is 30.6 Å². The maximum absolute atomic E-state index is 13.4. The lowest BCUT2D eigenvalue weighted by atomic mass is 9.85. The van der Waals surface area contributed by atoms with Crippen molar-refractivity contribution in [1.29, 1.82) is 0 Å². The molecule has 4 atom stereocenters. The van der Waals surface area contributed by atoms with Gasteiger partial charge in [0.15, 0.2) is 0 Å². The Labute approximate surface area is 211 Å². The largest absolute Gasteiger partial charge is 0.390 e. The SMILES string of the molecule is Cc1nc(NCC2CCC2)nc(N[C@@H]2C[C@H](C(F)F)[C@@H](O)[C@H]2O)c1-c1nc2c(C3CC3)nccc2s1. The molecule has 6 rings (SSSR count). The van der Waals surface area contributed by atoms with Crippen molar-refractivity contribution < 1.29 is 19.0 Å². The lowest BCUT2D eigenvalue weighted by molar-refractivity contribution is -0.0333. The van der Waals surface area contributed by atoms with Crippen LogP contribution in [0.1, 0.15) is 55.8 Å². The topological polar surface area (TPSA) is 116 Å². The molecule has 11 heteroatoms. The molecular formula is C25H30F2N6O2S. The molecule has 3 heterocycles. The van der Waals surface area contributed by atoms with E-state index in [-0.39, 0.29) is 6.42 Å². The predicted octanol–water partition coefficient (Wildman–Crippen LogP) is 4.33. The highest BCUT2D eigenvalue weighted by molar-refractivity contribution is 7.21. The predicted molar refractivity (Wildman–Crippen MR) is 135 cm³/mol. The number of aliphatic hydroxyl groups is 2. The van der Waals surface area contributed by atoms with Crippen molar-refractivity contribution in [3.63, 3.8) is 0 Å². The fourth-order valence-electron chi connectivity index (χ4n) is 5.22. The zero-order valence-electron chi connectivity index (χ0n) is 20.0. The van der Waals surface area contributed by atoms with Crippen LogP contribution in [0.5, 0.6) is 0 Å². The highest BCUT2D eigenvalue weighted by Gasteiger charge is 2.46. The highest BCUT2D eigenvalue weighted by atomic mass is 32.1. The number of aromatic nitrogens is 4. The van der Waals surface area contributed by atoms with E-state index in [1.807, 2.05) is 19.2 Å². The third-order valence-corrected chi connectivity index (χ3v) is 8.79. The zero-order chi connectivity index (χ0) is 25.0. The van der Waals surface area contributed by atoms with Gasteiger partial charge in [-0.2, -0.15) is 4.98 Å². The molecule has 0 unspecified atom stereocenters. The first-order valence-electron chi connectivity index (χ1n) is 12.7. The van der Waals surface area contributed by atoms with Gasteiger partial charge in [-0.25, -0.2) is 18.7 Å². The summed E-state index contributed by atoms with van der Waals surface area (Å²) in [7, 11) is 0. The number of halogens is 2. The van der Waals surface area contributed by atoms with E-state index in [2.05, 4.69) is 20.6 Å². The number of alkyl halides is 2. The Morgan fingerprint density at radius 1 is 1.11 bits per heavy atom. The molecule has 0 amide bonds. The van der Waals surface area contributed by atoms with Gasteiger partial charge in [-0.1, -0.05) is 6.42 Å². The molecule has 8 nitrogen and oxygen atoms in total. The molecule has 3 aliphatic rings. The van der Waals surface area contributed by atoms with Gasteiger partial charge in [-0.3, -0.25) is 4.98 Å². The van der Waals surface area contributed by atoms with Crippen LogP contribution in [0, 0.1) is 18.8 Å². The number of thiazole rings is 1. The van der Waals surface area contributed by atoms with Crippen LogP contribution in [0.15, 0.2) is 12.3 Å². The van der Waals surface area contributed by atoms with Crippen molar-refractivity contribution in [3.05, 3.63) is 23.7 Å². The number of anilines is 2. The van der Waals surface area contributed by atoms with Crippen molar-refractivity contribution >= 4 is 33.3 Å². The van der Waals surface area contributed by atoms with Gasteiger partial charge in [0.1, 0.15) is 22.4 Å². The molecule has 4 N–H and O–H groups in total. The van der Waals surface area contributed by atoms with E-state index < -0.39 is 30.6 Å². The second-order valence-corrected chi connectivity index (χ2v) is 11.4. The van der Waals surface area contributed by atoms with Gasteiger partial charge in [0.2, 0.25) is 12.4 Å². The van der Waals surface area contributed by atoms with Crippen LogP contribution < -0.4 is 10.6 Å². The van der Waals surface area contributed by atoms with Crippen LogP contribution in [0.3, 0.4) is 0 Å². The summed E-state index contributed by atoms with van der Waals surface area (Å²) >= 11 is 1.52. The molecule has 0 aliphatic heterocycles. The fraction of sp³-hybridized carbons (Fsp3) is 0.600. The van der Waals surface area contributed by atoms with E-state index in [0.29, 0.717) is 39.9 Å². The number of fused-ring (bicyclic) bond motifs is 1. The summed E-state index contributed by atoms with van der Waals surface area (Å²) in [6, 6.07) is 1.18. The van der Waals surface area contributed by atoms with E-state index >= 15 is 0 Å². The Kier molecular flexibility index (Phi) is 6.25. The molecule has 36 heavy (non-hydrogen) atoms. The summed E-state index contributed by atoms with van der Waals surface area (Å²) in [4.78, 5) is 18.9. The number of hydrogen-bond acceptors (Lipinski definition) is 9. The fourth-order valence-corrected chi connectivity index (χ4v) is 6.28. The molecule has 3 aromatic heterocycles. The van der Waals surface area contributed by atoms with Crippen LogP contribution >= 0.6 is 11.3 Å². The van der Waals surface area contributed by atoms with Crippen LogP contribution in [0.4, 0.5) is 20.5 Å². The lowest BCUT2D eigenvalue weighted by Gasteiger charge is -2.26. The van der Waals surface area contributed by atoms with Crippen LogP contribution in [0.25, 0.3) is 20.8 Å². The summed E-state index contributed by atoms with van der Waals surface area (Å²) in [6.45, 7) is 2.65. The average Bonchev–Trinajstić information content (AvgIpc) is 3.50. The second-order valence-electron chi connectivity index (χ2n) is 10.3. The minimum absolute atomic E-state index is 0.0665. The standard InChI is InChI=1S/C25H30F2N6O2S/c1-11-17(24-32-19-16(36-24)7-8-28-18(19)13-5-6-13)23(33-25(30-11)29-10-12-3-2-4-12)31-15-9-14(22(26)27)20(34)21(15)35/h7-8,12-15,20-22,34-35H,2-6,9-10H2,1H3,(H2,29,30,31,33)/t14-,15+,20+,21-/m0/s1. The van der Waals surface area contributed by atoms with E-state index in [1.54, 1.807) is 0 Å². The molecule has 3 aliphatic carbocycles. The molecule has 192 valence electrons. The molecule has 0 aromatic carbocycles. The molecule has 0 spiro atoms. The van der Waals surface area contributed by atoms with Crippen molar-refractivity contribution in [2.75, 3.05) is 17.2 Å². The summed E-state index contributed by atoms with van der Waals surface area (Å²) in [6.07, 6.45) is 2.02. The van der Waals surface area contributed by atoms with E-state index in [9.17, 15) is 19.0 Å². The summed E-state index contributed by atoms with van der Waals surface area (Å²) in [5.41, 5.74) is 3.26. The monoisotopic (exact) mass is 516 g/mol. The molecular weight excluding hydrogens is 486 g/mol. The quantitative estimate of drug-likeness (QED) is 0.350. The van der Waals surface area contributed by atoms with Gasteiger partial charge < -0.3 is 20.8 Å². The third kappa shape index (κ3) is 4.41. The van der Waals surface area contributed by atoms with Crippen molar-refractivity contribution in [3.8, 4) is 10.6 Å². The Morgan fingerprint density at radius 2 is 1.92 bits per heavy atom. The van der Waals surface area contributed by atoms with Crippen LogP contribution in [-0.2, 0) is 0 Å². The van der Waals surface area contributed by atoms with Gasteiger partial charge >= 0.3 is 0 Å². The first-order chi connectivity index (χ1) is 17.4. The minimum atomic E-state index is -2.72.